The van der Waals surface area contributed by atoms with Gasteiger partial charge in [-0.3, -0.25) is 15.1 Å². The van der Waals surface area contributed by atoms with Gasteiger partial charge in [0.1, 0.15) is 5.75 Å². The van der Waals surface area contributed by atoms with Crippen molar-refractivity contribution in [3.05, 3.63) is 46.7 Å². The maximum absolute atomic E-state index is 12.1. The molecule has 3 rings (SSSR count). The van der Waals surface area contributed by atoms with Crippen molar-refractivity contribution in [1.82, 2.24) is 9.97 Å². The number of nitrogens with zero attached hydrogens (tertiary/aromatic N) is 2. The first-order chi connectivity index (χ1) is 10.2. The fourth-order valence-electron chi connectivity index (χ4n) is 1.79. The number of fused-ring (bicyclic) bond motifs is 1. The van der Waals surface area contributed by atoms with Crippen molar-refractivity contribution in [3.8, 4) is 5.75 Å². The van der Waals surface area contributed by atoms with Crippen LogP contribution in [0.1, 0.15) is 10.4 Å². The van der Waals surface area contributed by atoms with Crippen LogP contribution >= 0.6 is 27.3 Å². The molecule has 0 spiro atoms. The molecule has 0 aliphatic rings. The second-order valence-corrected chi connectivity index (χ2v) is 6.14. The minimum atomic E-state index is -0.241. The number of pyridine rings is 1. The highest BCUT2D eigenvalue weighted by Gasteiger charge is 2.11. The summed E-state index contributed by atoms with van der Waals surface area (Å²) in [5.41, 5.74) is 1.30. The van der Waals surface area contributed by atoms with Gasteiger partial charge in [0.25, 0.3) is 5.91 Å². The SMILES string of the molecule is COc1ccc2nc(NC(=O)c3cncc(Br)c3)sc2c1. The predicted molar refractivity (Wildman–Crippen MR) is 86.1 cm³/mol. The summed E-state index contributed by atoms with van der Waals surface area (Å²) in [4.78, 5) is 20.5. The van der Waals surface area contributed by atoms with Crippen molar-refractivity contribution < 1.29 is 9.53 Å². The number of hydrogen-bond donors (Lipinski definition) is 1. The minimum Gasteiger partial charge on any atom is -0.497 e. The Kier molecular flexibility index (Phi) is 3.85. The van der Waals surface area contributed by atoms with Gasteiger partial charge in [0, 0.05) is 16.9 Å². The van der Waals surface area contributed by atoms with Gasteiger partial charge in [-0.05, 0) is 40.2 Å². The summed E-state index contributed by atoms with van der Waals surface area (Å²) in [6.07, 6.45) is 3.14. The lowest BCUT2D eigenvalue weighted by Crippen LogP contribution is -2.11. The number of methoxy groups -OCH3 is 1. The van der Waals surface area contributed by atoms with Gasteiger partial charge in [0.2, 0.25) is 0 Å². The fraction of sp³-hybridized carbons (Fsp3) is 0.0714. The summed E-state index contributed by atoms with van der Waals surface area (Å²) in [7, 11) is 1.62. The number of carbonyl (C=O) groups is 1. The standard InChI is InChI=1S/C14H10BrN3O2S/c1-20-10-2-3-11-12(5-10)21-14(17-11)18-13(19)8-4-9(15)7-16-6-8/h2-7H,1H3,(H,17,18,19). The molecule has 0 unspecified atom stereocenters. The summed E-state index contributed by atoms with van der Waals surface area (Å²) < 4.78 is 6.88. The number of amides is 1. The van der Waals surface area contributed by atoms with Crippen LogP contribution in [0, 0.1) is 0 Å². The molecule has 0 fully saturated rings. The topological polar surface area (TPSA) is 64.1 Å². The zero-order chi connectivity index (χ0) is 14.8. The summed E-state index contributed by atoms with van der Waals surface area (Å²) in [5.74, 6) is 0.523. The van der Waals surface area contributed by atoms with Crippen LogP contribution in [0.15, 0.2) is 41.1 Å². The van der Waals surface area contributed by atoms with Crippen molar-refractivity contribution in [2.45, 2.75) is 0 Å². The van der Waals surface area contributed by atoms with Gasteiger partial charge < -0.3 is 4.74 Å². The Balaban J connectivity index is 1.86. The largest absolute Gasteiger partial charge is 0.497 e. The van der Waals surface area contributed by atoms with Gasteiger partial charge in [0.05, 0.1) is 22.9 Å². The van der Waals surface area contributed by atoms with Crippen LogP contribution < -0.4 is 10.1 Å². The Hall–Kier alpha value is -1.99. The van der Waals surface area contributed by atoms with Crippen LogP contribution in [0.2, 0.25) is 0 Å². The lowest BCUT2D eigenvalue weighted by atomic mass is 10.3. The first kappa shape index (κ1) is 14.0. The van der Waals surface area contributed by atoms with Crippen molar-refractivity contribution in [1.29, 1.82) is 0 Å². The molecule has 0 bridgehead atoms. The van der Waals surface area contributed by atoms with E-state index >= 15 is 0 Å². The van der Waals surface area contributed by atoms with E-state index in [-0.39, 0.29) is 5.91 Å². The molecule has 106 valence electrons. The van der Waals surface area contributed by atoms with Crippen molar-refractivity contribution in [2.24, 2.45) is 0 Å². The molecule has 0 atom stereocenters. The van der Waals surface area contributed by atoms with E-state index in [1.807, 2.05) is 18.2 Å². The van der Waals surface area contributed by atoms with E-state index in [1.54, 1.807) is 19.4 Å². The van der Waals surface area contributed by atoms with Crippen LogP contribution in [0.25, 0.3) is 10.2 Å². The van der Waals surface area contributed by atoms with Crippen molar-refractivity contribution in [3.63, 3.8) is 0 Å². The van der Waals surface area contributed by atoms with Gasteiger partial charge in [0.15, 0.2) is 5.13 Å². The third-order valence-electron chi connectivity index (χ3n) is 2.78. The maximum Gasteiger partial charge on any atom is 0.259 e. The van der Waals surface area contributed by atoms with E-state index in [2.05, 4.69) is 31.2 Å². The van der Waals surface area contributed by atoms with Gasteiger partial charge in [-0.25, -0.2) is 4.98 Å². The number of thiazole rings is 1. The van der Waals surface area contributed by atoms with Crippen LogP contribution in [-0.4, -0.2) is 23.0 Å². The Morgan fingerprint density at radius 3 is 2.95 bits per heavy atom. The lowest BCUT2D eigenvalue weighted by Gasteiger charge is -2.00. The zero-order valence-electron chi connectivity index (χ0n) is 11.0. The molecule has 21 heavy (non-hydrogen) atoms. The Morgan fingerprint density at radius 2 is 2.19 bits per heavy atom. The molecule has 3 aromatic rings. The number of aromatic nitrogens is 2. The van der Waals surface area contributed by atoms with E-state index < -0.39 is 0 Å². The van der Waals surface area contributed by atoms with Gasteiger partial charge in [-0.2, -0.15) is 0 Å². The predicted octanol–water partition coefficient (Wildman–Crippen LogP) is 3.71. The Bertz CT molecular complexity index is 819. The van der Waals surface area contributed by atoms with Crippen molar-refractivity contribution >= 4 is 48.5 Å². The van der Waals surface area contributed by atoms with E-state index in [9.17, 15) is 4.79 Å². The average Bonchev–Trinajstić information content (AvgIpc) is 2.88. The third kappa shape index (κ3) is 3.03. The van der Waals surface area contributed by atoms with E-state index in [4.69, 9.17) is 4.74 Å². The number of ether oxygens (including phenoxy) is 1. The van der Waals surface area contributed by atoms with Crippen LogP contribution in [0.3, 0.4) is 0 Å². The molecule has 0 aliphatic carbocycles. The third-order valence-corrected chi connectivity index (χ3v) is 4.15. The molecule has 0 saturated heterocycles. The molecular weight excluding hydrogens is 354 g/mol. The molecule has 0 saturated carbocycles. The second-order valence-electron chi connectivity index (χ2n) is 4.20. The minimum absolute atomic E-state index is 0.241. The summed E-state index contributed by atoms with van der Waals surface area (Å²) in [6, 6.07) is 7.30. The summed E-state index contributed by atoms with van der Waals surface area (Å²) in [5, 5.41) is 3.32. The van der Waals surface area contributed by atoms with Gasteiger partial charge >= 0.3 is 0 Å². The molecule has 2 heterocycles. The molecule has 0 aliphatic heterocycles. The van der Waals surface area contributed by atoms with Gasteiger partial charge in [-0.1, -0.05) is 11.3 Å². The molecule has 1 aromatic carbocycles. The molecule has 7 heteroatoms. The summed E-state index contributed by atoms with van der Waals surface area (Å²) in [6.45, 7) is 0. The molecule has 0 radical (unpaired) electrons. The first-order valence-electron chi connectivity index (χ1n) is 6.02. The van der Waals surface area contributed by atoms with E-state index in [0.717, 1.165) is 20.4 Å². The molecular formula is C14H10BrN3O2S. The number of hydrogen-bond acceptors (Lipinski definition) is 5. The number of benzene rings is 1. The van der Waals surface area contributed by atoms with Crippen molar-refractivity contribution in [2.75, 3.05) is 12.4 Å². The molecule has 1 amide bonds. The first-order valence-corrected chi connectivity index (χ1v) is 7.63. The Morgan fingerprint density at radius 1 is 1.33 bits per heavy atom. The zero-order valence-corrected chi connectivity index (χ0v) is 13.4. The molecule has 1 N–H and O–H groups in total. The monoisotopic (exact) mass is 363 g/mol. The van der Waals surface area contributed by atoms with Crippen LogP contribution in [0.5, 0.6) is 5.75 Å². The summed E-state index contributed by atoms with van der Waals surface area (Å²) >= 11 is 4.69. The Labute approximate surface area is 133 Å². The second kappa shape index (κ2) is 5.79. The molecule has 2 aromatic heterocycles. The highest BCUT2D eigenvalue weighted by molar-refractivity contribution is 9.10. The number of rotatable bonds is 3. The van der Waals surface area contributed by atoms with Crippen LogP contribution in [-0.2, 0) is 0 Å². The lowest BCUT2D eigenvalue weighted by molar-refractivity contribution is 0.102. The fourth-order valence-corrected chi connectivity index (χ4v) is 3.04. The quantitative estimate of drug-likeness (QED) is 0.770. The molecule has 5 nitrogen and oxygen atoms in total. The smallest absolute Gasteiger partial charge is 0.259 e. The highest BCUT2D eigenvalue weighted by atomic mass is 79.9. The maximum atomic E-state index is 12.1. The van der Waals surface area contributed by atoms with E-state index in [0.29, 0.717) is 10.7 Å². The van der Waals surface area contributed by atoms with Gasteiger partial charge in [-0.15, -0.1) is 0 Å². The highest BCUT2D eigenvalue weighted by Crippen LogP contribution is 2.29. The van der Waals surface area contributed by atoms with E-state index in [1.165, 1.54) is 17.5 Å². The number of halogens is 1. The number of carbonyl (C=O) groups excluding carboxylic acids is 1. The normalized spacial score (nSPS) is 10.6. The van der Waals surface area contributed by atoms with Crippen LogP contribution in [0.4, 0.5) is 5.13 Å². The average molecular weight is 364 g/mol. The number of nitrogens with one attached hydrogen (secondary N) is 1. The number of anilines is 1.